The fraction of sp³-hybridized carbons (Fsp3) is 0.481. The van der Waals surface area contributed by atoms with Crippen molar-refractivity contribution in [1.29, 1.82) is 0 Å². The molecule has 0 radical (unpaired) electrons. The molecule has 3 N–H and O–H groups in total. The third kappa shape index (κ3) is 7.13. The molecule has 184 valence electrons. The number of nitrogens with one attached hydrogen (secondary N) is 3. The Balaban J connectivity index is 1.67. The minimum atomic E-state index is -0.438. The molecule has 0 bridgehead atoms. The monoisotopic (exact) mass is 485 g/mol. The van der Waals surface area contributed by atoms with Crippen LogP contribution in [0.3, 0.4) is 0 Å². The zero-order chi connectivity index (χ0) is 24.7. The molecule has 0 atom stereocenters. The summed E-state index contributed by atoms with van der Waals surface area (Å²) in [6.45, 7) is 6.58. The van der Waals surface area contributed by atoms with Crippen molar-refractivity contribution in [2.24, 2.45) is 5.41 Å². The maximum Gasteiger partial charge on any atom is 0.255 e. The molecule has 2 amide bonds. The van der Waals surface area contributed by atoms with Gasteiger partial charge in [-0.25, -0.2) is 0 Å². The number of benzene rings is 2. The summed E-state index contributed by atoms with van der Waals surface area (Å²) < 4.78 is 5.43. The number of amides is 2. The summed E-state index contributed by atoms with van der Waals surface area (Å²) in [5, 5.41) is 10.1. The van der Waals surface area contributed by atoms with Gasteiger partial charge in [0.15, 0.2) is 0 Å². The molecule has 1 fully saturated rings. The van der Waals surface area contributed by atoms with Crippen LogP contribution in [0.25, 0.3) is 0 Å². The largest absolute Gasteiger partial charge is 0.496 e. The molecule has 0 aliphatic heterocycles. The lowest BCUT2D eigenvalue weighted by Crippen LogP contribution is -2.36. The Hall–Kier alpha value is -2.73. The Kier molecular flexibility index (Phi) is 8.84. The number of anilines is 1. The number of hydrogen-bond acceptors (Lipinski definition) is 4. The molecule has 0 aromatic heterocycles. The van der Waals surface area contributed by atoms with Crippen LogP contribution in [0, 0.1) is 5.41 Å². The second-order valence-electron chi connectivity index (χ2n) is 9.94. The number of halogens is 1. The molecule has 1 aliphatic carbocycles. The summed E-state index contributed by atoms with van der Waals surface area (Å²) in [6.07, 6.45) is 5.60. The summed E-state index contributed by atoms with van der Waals surface area (Å²) in [4.78, 5) is 25.1. The number of ether oxygens (including phenoxy) is 1. The molecule has 6 nitrogen and oxygen atoms in total. The average molecular weight is 486 g/mol. The van der Waals surface area contributed by atoms with E-state index in [9.17, 15) is 9.59 Å². The van der Waals surface area contributed by atoms with E-state index in [1.165, 1.54) is 6.42 Å². The van der Waals surface area contributed by atoms with Crippen LogP contribution in [0.4, 0.5) is 5.69 Å². The Labute approximate surface area is 207 Å². The first kappa shape index (κ1) is 25.9. The molecule has 0 spiro atoms. The second kappa shape index (κ2) is 11.6. The van der Waals surface area contributed by atoms with Gasteiger partial charge in [0.05, 0.1) is 12.7 Å². The van der Waals surface area contributed by atoms with Gasteiger partial charge >= 0.3 is 0 Å². The van der Waals surface area contributed by atoms with Crippen LogP contribution in [0.1, 0.15) is 74.4 Å². The molecule has 2 aromatic carbocycles. The van der Waals surface area contributed by atoms with Gasteiger partial charge < -0.3 is 20.7 Å². The van der Waals surface area contributed by atoms with Crippen molar-refractivity contribution >= 4 is 29.1 Å². The van der Waals surface area contributed by atoms with Crippen LogP contribution < -0.4 is 20.7 Å². The van der Waals surface area contributed by atoms with E-state index in [-0.39, 0.29) is 17.9 Å². The average Bonchev–Trinajstić information content (AvgIpc) is 2.82. The van der Waals surface area contributed by atoms with Gasteiger partial charge in [-0.3, -0.25) is 9.59 Å². The van der Waals surface area contributed by atoms with Crippen molar-refractivity contribution in [2.45, 2.75) is 72.0 Å². The summed E-state index contributed by atoms with van der Waals surface area (Å²) in [5.74, 6) is 0.440. The summed E-state index contributed by atoms with van der Waals surface area (Å²) in [5.41, 5.74) is 2.76. The van der Waals surface area contributed by atoms with Crippen molar-refractivity contribution in [1.82, 2.24) is 10.6 Å². The van der Waals surface area contributed by atoms with E-state index in [1.807, 2.05) is 51.1 Å². The maximum absolute atomic E-state index is 12.9. The van der Waals surface area contributed by atoms with Crippen LogP contribution in [-0.4, -0.2) is 25.0 Å². The van der Waals surface area contributed by atoms with Gasteiger partial charge in [0.2, 0.25) is 5.91 Å². The van der Waals surface area contributed by atoms with E-state index in [0.29, 0.717) is 29.4 Å². The van der Waals surface area contributed by atoms with Crippen molar-refractivity contribution in [3.63, 3.8) is 0 Å². The molecule has 34 heavy (non-hydrogen) atoms. The zero-order valence-corrected chi connectivity index (χ0v) is 21.3. The summed E-state index contributed by atoms with van der Waals surface area (Å²) in [7, 11) is 1.57. The topological polar surface area (TPSA) is 79.5 Å². The number of methoxy groups -OCH3 is 1. The van der Waals surface area contributed by atoms with E-state index in [2.05, 4.69) is 16.0 Å². The van der Waals surface area contributed by atoms with E-state index in [4.69, 9.17) is 16.3 Å². The van der Waals surface area contributed by atoms with Gasteiger partial charge in [0, 0.05) is 35.3 Å². The number of hydrogen-bond donors (Lipinski definition) is 3. The highest BCUT2D eigenvalue weighted by Gasteiger charge is 2.21. The van der Waals surface area contributed by atoms with Gasteiger partial charge in [0.25, 0.3) is 5.91 Å². The standard InChI is InChI=1S/C27H36ClN3O3/c1-27(2,3)26(33)30-16-18-10-12-23(28)19(14-18)17-29-21-11-13-24(34-4)22(15-21)25(32)31-20-8-6-5-7-9-20/h10-15,20,29H,5-9,16-17H2,1-4H3,(H,30,33)(H,31,32). The normalized spacial score (nSPS) is 14.4. The number of rotatable bonds is 8. The Morgan fingerprint density at radius 3 is 2.44 bits per heavy atom. The molecule has 7 heteroatoms. The first-order valence-electron chi connectivity index (χ1n) is 12.0. The first-order valence-corrected chi connectivity index (χ1v) is 12.3. The molecule has 2 aromatic rings. The minimum absolute atomic E-state index is 0.000564. The molecule has 0 saturated heterocycles. The van der Waals surface area contributed by atoms with Gasteiger partial charge in [-0.1, -0.05) is 63.8 Å². The third-order valence-electron chi connectivity index (χ3n) is 6.11. The number of carbonyl (C=O) groups is 2. The molecular weight excluding hydrogens is 450 g/mol. The predicted molar refractivity (Wildman–Crippen MR) is 137 cm³/mol. The Morgan fingerprint density at radius 2 is 1.76 bits per heavy atom. The van der Waals surface area contributed by atoms with Crippen molar-refractivity contribution in [3.8, 4) is 5.75 Å². The van der Waals surface area contributed by atoms with Crippen molar-refractivity contribution in [2.75, 3.05) is 12.4 Å². The highest BCUT2D eigenvalue weighted by atomic mass is 35.5. The number of carbonyl (C=O) groups excluding carboxylic acids is 2. The summed E-state index contributed by atoms with van der Waals surface area (Å²) in [6, 6.07) is 11.5. The third-order valence-corrected chi connectivity index (χ3v) is 6.48. The lowest BCUT2D eigenvalue weighted by Gasteiger charge is -2.23. The molecule has 1 saturated carbocycles. The van der Waals surface area contributed by atoms with Crippen LogP contribution in [0.2, 0.25) is 5.02 Å². The zero-order valence-electron chi connectivity index (χ0n) is 20.6. The highest BCUT2D eigenvalue weighted by molar-refractivity contribution is 6.31. The van der Waals surface area contributed by atoms with Crippen LogP contribution >= 0.6 is 11.6 Å². The van der Waals surface area contributed by atoms with Crippen LogP contribution in [-0.2, 0) is 17.9 Å². The van der Waals surface area contributed by atoms with Crippen molar-refractivity contribution < 1.29 is 14.3 Å². The van der Waals surface area contributed by atoms with E-state index in [0.717, 1.165) is 42.5 Å². The van der Waals surface area contributed by atoms with Crippen LogP contribution in [0.5, 0.6) is 5.75 Å². The van der Waals surface area contributed by atoms with Gasteiger partial charge in [-0.15, -0.1) is 0 Å². The fourth-order valence-electron chi connectivity index (χ4n) is 4.02. The van der Waals surface area contributed by atoms with Gasteiger partial charge in [-0.05, 0) is 48.2 Å². The predicted octanol–water partition coefficient (Wildman–Crippen LogP) is 5.69. The lowest BCUT2D eigenvalue weighted by molar-refractivity contribution is -0.128. The Morgan fingerprint density at radius 1 is 1.03 bits per heavy atom. The summed E-state index contributed by atoms with van der Waals surface area (Å²) >= 11 is 6.42. The Bertz CT molecular complexity index is 1010. The molecule has 3 rings (SSSR count). The molecule has 1 aliphatic rings. The quantitative estimate of drug-likeness (QED) is 0.449. The fourth-order valence-corrected chi connectivity index (χ4v) is 4.21. The molecule has 0 heterocycles. The van der Waals surface area contributed by atoms with E-state index < -0.39 is 5.41 Å². The highest BCUT2D eigenvalue weighted by Crippen LogP contribution is 2.26. The van der Waals surface area contributed by atoms with Crippen LogP contribution in [0.15, 0.2) is 36.4 Å². The first-order chi connectivity index (χ1) is 16.2. The lowest BCUT2D eigenvalue weighted by atomic mass is 9.95. The molecular formula is C27H36ClN3O3. The van der Waals surface area contributed by atoms with Gasteiger partial charge in [-0.2, -0.15) is 0 Å². The van der Waals surface area contributed by atoms with Crippen molar-refractivity contribution in [3.05, 3.63) is 58.1 Å². The minimum Gasteiger partial charge on any atom is -0.496 e. The molecule has 0 unspecified atom stereocenters. The van der Waals surface area contributed by atoms with E-state index >= 15 is 0 Å². The maximum atomic E-state index is 12.9. The van der Waals surface area contributed by atoms with Gasteiger partial charge in [0.1, 0.15) is 5.75 Å². The smallest absolute Gasteiger partial charge is 0.255 e. The SMILES string of the molecule is COc1ccc(NCc2cc(CNC(=O)C(C)(C)C)ccc2Cl)cc1C(=O)NC1CCCCC1. The second-order valence-corrected chi connectivity index (χ2v) is 10.3. The van der Waals surface area contributed by atoms with E-state index in [1.54, 1.807) is 13.2 Å².